The van der Waals surface area contributed by atoms with Crippen molar-refractivity contribution in [3.8, 4) is 0 Å². The van der Waals surface area contributed by atoms with Crippen molar-refractivity contribution in [3.63, 3.8) is 0 Å². The zero-order chi connectivity index (χ0) is 14.8. The Morgan fingerprint density at radius 2 is 1.58 bits per heavy atom. The maximum atomic E-state index is 10.3. The molecule has 5 heteroatoms. The van der Waals surface area contributed by atoms with E-state index in [1.165, 1.54) is 0 Å². The average Bonchev–Trinajstić information content (AvgIpc) is 2.33. The number of carbonyl (C=O) groups is 2. The van der Waals surface area contributed by atoms with Gasteiger partial charge in [-0.1, -0.05) is 0 Å². The standard InChI is InChI=1S/C14H27NO4/c1-13(2,8-4-5-9-16)19-12-14(3,15)18-11-7-6-10-17/h9-10H,4-8,11-12,15H2,1-3H3. The lowest BCUT2D eigenvalue weighted by Crippen LogP contribution is -2.46. The van der Waals surface area contributed by atoms with Gasteiger partial charge >= 0.3 is 0 Å². The third-order valence-corrected chi connectivity index (χ3v) is 2.75. The predicted octanol–water partition coefficient (Wildman–Crippen LogP) is 1.82. The summed E-state index contributed by atoms with van der Waals surface area (Å²) < 4.78 is 11.3. The summed E-state index contributed by atoms with van der Waals surface area (Å²) in [5.41, 5.74) is 4.79. The summed E-state index contributed by atoms with van der Waals surface area (Å²) in [5.74, 6) is 0. The van der Waals surface area contributed by atoms with Crippen LogP contribution in [0, 0.1) is 0 Å². The summed E-state index contributed by atoms with van der Waals surface area (Å²) in [6, 6.07) is 0. The molecule has 0 spiro atoms. The lowest BCUT2D eigenvalue weighted by atomic mass is 10.0. The number of carbonyl (C=O) groups excluding carboxylic acids is 2. The molecule has 0 rings (SSSR count). The highest BCUT2D eigenvalue weighted by Crippen LogP contribution is 2.19. The van der Waals surface area contributed by atoms with Gasteiger partial charge in [0.25, 0.3) is 0 Å². The first-order valence-corrected chi connectivity index (χ1v) is 6.77. The molecule has 0 saturated carbocycles. The smallest absolute Gasteiger partial charge is 0.137 e. The van der Waals surface area contributed by atoms with Gasteiger partial charge in [0.2, 0.25) is 0 Å². The Hall–Kier alpha value is -0.780. The number of hydrogen-bond donors (Lipinski definition) is 1. The number of unbranched alkanes of at least 4 members (excludes halogenated alkanes) is 2. The minimum absolute atomic E-state index is 0.280. The van der Waals surface area contributed by atoms with Gasteiger partial charge in [-0.25, -0.2) is 0 Å². The summed E-state index contributed by atoms with van der Waals surface area (Å²) in [6.07, 6.45) is 5.08. The molecule has 0 aromatic rings. The van der Waals surface area contributed by atoms with E-state index in [4.69, 9.17) is 15.2 Å². The van der Waals surface area contributed by atoms with Crippen molar-refractivity contribution in [2.45, 2.75) is 64.2 Å². The summed E-state index contributed by atoms with van der Waals surface area (Å²) in [5, 5.41) is 0. The molecule has 0 radical (unpaired) electrons. The predicted molar refractivity (Wildman–Crippen MR) is 73.8 cm³/mol. The molecule has 5 nitrogen and oxygen atoms in total. The normalized spacial score (nSPS) is 14.9. The molecule has 0 aromatic carbocycles. The van der Waals surface area contributed by atoms with Crippen molar-refractivity contribution in [3.05, 3.63) is 0 Å². The maximum Gasteiger partial charge on any atom is 0.137 e. The third kappa shape index (κ3) is 10.8. The van der Waals surface area contributed by atoms with Gasteiger partial charge in [0, 0.05) is 19.4 Å². The van der Waals surface area contributed by atoms with Crippen molar-refractivity contribution >= 4 is 12.6 Å². The first kappa shape index (κ1) is 18.2. The van der Waals surface area contributed by atoms with E-state index < -0.39 is 5.72 Å². The van der Waals surface area contributed by atoms with Gasteiger partial charge in [0.15, 0.2) is 0 Å². The summed E-state index contributed by atoms with van der Waals surface area (Å²) in [7, 11) is 0. The third-order valence-electron chi connectivity index (χ3n) is 2.75. The monoisotopic (exact) mass is 273 g/mol. The minimum Gasteiger partial charge on any atom is -0.371 e. The van der Waals surface area contributed by atoms with Crippen LogP contribution in [0.25, 0.3) is 0 Å². The van der Waals surface area contributed by atoms with Crippen LogP contribution in [0.3, 0.4) is 0 Å². The molecule has 0 saturated heterocycles. The molecule has 1 atom stereocenters. The lowest BCUT2D eigenvalue weighted by molar-refractivity contribution is -0.129. The Kier molecular flexibility index (Phi) is 8.80. The van der Waals surface area contributed by atoms with Gasteiger partial charge < -0.3 is 24.8 Å². The van der Waals surface area contributed by atoms with Gasteiger partial charge in [0.05, 0.1) is 12.2 Å². The van der Waals surface area contributed by atoms with Crippen LogP contribution in [-0.2, 0) is 19.1 Å². The van der Waals surface area contributed by atoms with Crippen LogP contribution < -0.4 is 5.73 Å². The van der Waals surface area contributed by atoms with Crippen molar-refractivity contribution in [1.29, 1.82) is 0 Å². The zero-order valence-electron chi connectivity index (χ0n) is 12.3. The van der Waals surface area contributed by atoms with Crippen molar-refractivity contribution in [1.82, 2.24) is 0 Å². The van der Waals surface area contributed by atoms with Gasteiger partial charge in [-0.15, -0.1) is 0 Å². The fraction of sp³-hybridized carbons (Fsp3) is 0.857. The number of ether oxygens (including phenoxy) is 2. The van der Waals surface area contributed by atoms with Gasteiger partial charge in [-0.05, 0) is 40.0 Å². The molecule has 0 aliphatic heterocycles. The fourth-order valence-electron chi connectivity index (χ4n) is 1.54. The van der Waals surface area contributed by atoms with Gasteiger partial charge in [-0.3, -0.25) is 0 Å². The second-order valence-electron chi connectivity index (χ2n) is 5.58. The second kappa shape index (κ2) is 9.18. The van der Waals surface area contributed by atoms with Gasteiger partial charge in [-0.2, -0.15) is 0 Å². The summed E-state index contributed by atoms with van der Waals surface area (Å²) in [6.45, 7) is 6.43. The molecule has 0 aliphatic rings. The molecular formula is C14H27NO4. The summed E-state index contributed by atoms with van der Waals surface area (Å²) >= 11 is 0. The summed E-state index contributed by atoms with van der Waals surface area (Å²) in [4.78, 5) is 20.4. The lowest BCUT2D eigenvalue weighted by Gasteiger charge is -2.31. The molecule has 0 bridgehead atoms. The molecule has 112 valence electrons. The molecule has 19 heavy (non-hydrogen) atoms. The van der Waals surface area contributed by atoms with Crippen LogP contribution in [0.2, 0.25) is 0 Å². The van der Waals surface area contributed by atoms with Crippen LogP contribution in [0.1, 0.15) is 52.9 Å². The molecule has 0 heterocycles. The van der Waals surface area contributed by atoms with Crippen molar-refractivity contribution in [2.75, 3.05) is 13.2 Å². The Labute approximate surface area is 115 Å². The van der Waals surface area contributed by atoms with Crippen molar-refractivity contribution < 1.29 is 19.1 Å². The Morgan fingerprint density at radius 3 is 2.16 bits per heavy atom. The average molecular weight is 273 g/mol. The van der Waals surface area contributed by atoms with E-state index in [2.05, 4.69) is 0 Å². The number of aldehydes is 2. The number of hydrogen-bond acceptors (Lipinski definition) is 5. The van der Waals surface area contributed by atoms with Crippen LogP contribution >= 0.6 is 0 Å². The number of nitrogens with two attached hydrogens (primary N) is 1. The van der Waals surface area contributed by atoms with E-state index in [0.29, 0.717) is 25.9 Å². The molecule has 0 aromatic heterocycles. The van der Waals surface area contributed by atoms with Crippen molar-refractivity contribution in [2.24, 2.45) is 5.73 Å². The molecule has 0 fully saturated rings. The topological polar surface area (TPSA) is 78.6 Å². The number of rotatable bonds is 12. The maximum absolute atomic E-state index is 10.3. The van der Waals surface area contributed by atoms with Crippen LogP contribution in [0.5, 0.6) is 0 Å². The first-order valence-electron chi connectivity index (χ1n) is 6.77. The molecule has 2 N–H and O–H groups in total. The SMILES string of the molecule is CC(C)(CCCC=O)OCC(C)(N)OCCCC=O. The fourth-order valence-corrected chi connectivity index (χ4v) is 1.54. The Balaban J connectivity index is 3.92. The molecule has 1 unspecified atom stereocenters. The molecular weight excluding hydrogens is 246 g/mol. The Morgan fingerprint density at radius 1 is 1.00 bits per heavy atom. The second-order valence-corrected chi connectivity index (χ2v) is 5.58. The highest BCUT2D eigenvalue weighted by Gasteiger charge is 2.25. The minimum atomic E-state index is -0.856. The largest absolute Gasteiger partial charge is 0.371 e. The van der Waals surface area contributed by atoms with Gasteiger partial charge in [0.1, 0.15) is 18.3 Å². The van der Waals surface area contributed by atoms with E-state index in [0.717, 1.165) is 25.4 Å². The highest BCUT2D eigenvalue weighted by atomic mass is 16.6. The van der Waals surface area contributed by atoms with E-state index in [1.807, 2.05) is 13.8 Å². The quantitative estimate of drug-likeness (QED) is 0.333. The molecule has 0 aliphatic carbocycles. The van der Waals surface area contributed by atoms with Crippen LogP contribution in [0.4, 0.5) is 0 Å². The van der Waals surface area contributed by atoms with E-state index in [9.17, 15) is 9.59 Å². The van der Waals surface area contributed by atoms with E-state index in [1.54, 1.807) is 6.92 Å². The van der Waals surface area contributed by atoms with Crippen LogP contribution in [-0.4, -0.2) is 37.1 Å². The van der Waals surface area contributed by atoms with E-state index in [-0.39, 0.29) is 12.2 Å². The first-order chi connectivity index (χ1) is 8.83. The Bertz CT molecular complexity index is 264. The van der Waals surface area contributed by atoms with E-state index >= 15 is 0 Å². The molecule has 0 amide bonds. The zero-order valence-corrected chi connectivity index (χ0v) is 12.3. The highest BCUT2D eigenvalue weighted by molar-refractivity contribution is 5.49. The van der Waals surface area contributed by atoms with Crippen LogP contribution in [0.15, 0.2) is 0 Å².